The topological polar surface area (TPSA) is 63.7 Å². The van der Waals surface area contributed by atoms with Gasteiger partial charge in [-0.3, -0.25) is 0 Å². The molecule has 0 aromatic carbocycles. The SMILES string of the molecule is CCC(CS(=O)(=O)Cl)N(C)C(=O)OC(C)(C)C. The first-order valence-electron chi connectivity index (χ1n) is 5.34. The van der Waals surface area contributed by atoms with Crippen molar-refractivity contribution in [2.45, 2.75) is 45.8 Å². The minimum Gasteiger partial charge on any atom is -0.444 e. The highest BCUT2D eigenvalue weighted by molar-refractivity contribution is 8.13. The van der Waals surface area contributed by atoms with Gasteiger partial charge in [0.1, 0.15) is 5.60 Å². The van der Waals surface area contributed by atoms with Crippen LogP contribution in [0.25, 0.3) is 0 Å². The predicted octanol–water partition coefficient (Wildman–Crippen LogP) is 2.20. The molecule has 0 aromatic heterocycles. The smallest absolute Gasteiger partial charge is 0.410 e. The molecule has 1 atom stereocenters. The second-order valence-electron chi connectivity index (χ2n) is 4.86. The number of carbonyl (C=O) groups is 1. The fourth-order valence-electron chi connectivity index (χ4n) is 1.22. The van der Waals surface area contributed by atoms with Crippen molar-refractivity contribution in [2.24, 2.45) is 0 Å². The summed E-state index contributed by atoms with van der Waals surface area (Å²) in [6, 6.07) is -0.479. The Morgan fingerprint density at radius 2 is 1.88 bits per heavy atom. The highest BCUT2D eigenvalue weighted by atomic mass is 35.7. The summed E-state index contributed by atoms with van der Waals surface area (Å²) in [7, 11) is 3.05. The maximum Gasteiger partial charge on any atom is 0.410 e. The first-order valence-corrected chi connectivity index (χ1v) is 7.82. The van der Waals surface area contributed by atoms with E-state index in [2.05, 4.69) is 0 Å². The Labute approximate surface area is 107 Å². The molecule has 0 fully saturated rings. The van der Waals surface area contributed by atoms with Crippen molar-refractivity contribution in [3.63, 3.8) is 0 Å². The highest BCUT2D eigenvalue weighted by Crippen LogP contribution is 2.14. The summed E-state index contributed by atoms with van der Waals surface area (Å²) in [5.41, 5.74) is -0.608. The van der Waals surface area contributed by atoms with Crippen molar-refractivity contribution < 1.29 is 17.9 Å². The molecule has 0 saturated heterocycles. The zero-order chi connectivity index (χ0) is 13.9. The van der Waals surface area contributed by atoms with Crippen molar-refractivity contribution in [1.82, 2.24) is 4.90 Å². The molecule has 5 nitrogen and oxygen atoms in total. The number of hydrogen-bond donors (Lipinski definition) is 0. The normalized spacial score (nSPS) is 14.2. The molecule has 0 aliphatic carbocycles. The van der Waals surface area contributed by atoms with Gasteiger partial charge in [0.2, 0.25) is 9.05 Å². The van der Waals surface area contributed by atoms with E-state index in [1.807, 2.05) is 0 Å². The summed E-state index contributed by atoms with van der Waals surface area (Å²) in [5, 5.41) is 0. The first-order chi connectivity index (χ1) is 7.46. The molecule has 1 unspecified atom stereocenters. The molecule has 0 spiro atoms. The lowest BCUT2D eigenvalue weighted by Gasteiger charge is -2.29. The van der Waals surface area contributed by atoms with Crippen molar-refractivity contribution in [3.8, 4) is 0 Å². The minimum absolute atomic E-state index is 0.277. The summed E-state index contributed by atoms with van der Waals surface area (Å²) in [4.78, 5) is 13.0. The predicted molar refractivity (Wildman–Crippen MR) is 67.7 cm³/mol. The molecule has 102 valence electrons. The lowest BCUT2D eigenvalue weighted by atomic mass is 10.2. The second kappa shape index (κ2) is 5.91. The summed E-state index contributed by atoms with van der Waals surface area (Å²) in [6.07, 6.45) is -0.0634. The van der Waals surface area contributed by atoms with Gasteiger partial charge in [-0.2, -0.15) is 0 Å². The van der Waals surface area contributed by atoms with Crippen molar-refractivity contribution in [2.75, 3.05) is 12.8 Å². The van der Waals surface area contributed by atoms with E-state index in [4.69, 9.17) is 15.4 Å². The first kappa shape index (κ1) is 16.5. The van der Waals surface area contributed by atoms with Gasteiger partial charge >= 0.3 is 6.09 Å². The zero-order valence-corrected chi connectivity index (χ0v) is 12.4. The molecule has 0 saturated carbocycles. The number of hydrogen-bond acceptors (Lipinski definition) is 4. The molecule has 0 rings (SSSR count). The maximum atomic E-state index is 11.7. The second-order valence-corrected chi connectivity index (χ2v) is 7.68. The molecule has 0 bridgehead atoms. The Kier molecular flexibility index (Phi) is 5.74. The summed E-state index contributed by atoms with van der Waals surface area (Å²) < 4.78 is 27.1. The third-order valence-corrected chi connectivity index (χ3v) is 3.25. The summed E-state index contributed by atoms with van der Waals surface area (Å²) in [6.45, 7) is 7.03. The van der Waals surface area contributed by atoms with Crippen LogP contribution in [0.2, 0.25) is 0 Å². The Morgan fingerprint density at radius 3 is 2.18 bits per heavy atom. The van der Waals surface area contributed by atoms with Gasteiger partial charge in [0, 0.05) is 23.8 Å². The summed E-state index contributed by atoms with van der Waals surface area (Å²) >= 11 is 0. The van der Waals surface area contributed by atoms with Gasteiger partial charge in [-0.05, 0) is 27.2 Å². The van der Waals surface area contributed by atoms with Crippen LogP contribution in [0.5, 0.6) is 0 Å². The van der Waals surface area contributed by atoms with Crippen LogP contribution in [-0.2, 0) is 13.8 Å². The van der Waals surface area contributed by atoms with E-state index in [0.29, 0.717) is 6.42 Å². The molecule has 0 N–H and O–H groups in total. The third-order valence-electron chi connectivity index (χ3n) is 2.09. The van der Waals surface area contributed by atoms with Crippen LogP contribution in [0.3, 0.4) is 0 Å². The average molecular weight is 286 g/mol. The molecular formula is C10H20ClNO4S. The van der Waals surface area contributed by atoms with Gasteiger partial charge in [0.05, 0.1) is 5.75 Å². The molecule has 0 aliphatic heterocycles. The number of rotatable bonds is 4. The lowest BCUT2D eigenvalue weighted by Crippen LogP contribution is -2.43. The van der Waals surface area contributed by atoms with Gasteiger partial charge in [-0.1, -0.05) is 6.92 Å². The van der Waals surface area contributed by atoms with Crippen LogP contribution in [0.1, 0.15) is 34.1 Å². The number of amides is 1. The number of nitrogens with zero attached hydrogens (tertiary/aromatic N) is 1. The highest BCUT2D eigenvalue weighted by Gasteiger charge is 2.27. The zero-order valence-electron chi connectivity index (χ0n) is 10.9. The Balaban J connectivity index is 4.65. The molecule has 0 heterocycles. The average Bonchev–Trinajstić information content (AvgIpc) is 2.08. The minimum atomic E-state index is -3.63. The van der Waals surface area contributed by atoms with Gasteiger partial charge in [-0.25, -0.2) is 13.2 Å². The number of carbonyl (C=O) groups excluding carboxylic acids is 1. The van der Waals surface area contributed by atoms with Crippen molar-refractivity contribution in [3.05, 3.63) is 0 Å². The Morgan fingerprint density at radius 1 is 1.41 bits per heavy atom. The molecule has 17 heavy (non-hydrogen) atoms. The standard InChI is InChI=1S/C10H20ClNO4S/c1-6-8(7-17(11,14)15)12(5)9(13)16-10(2,3)4/h8H,6-7H2,1-5H3. The largest absolute Gasteiger partial charge is 0.444 e. The molecule has 1 amide bonds. The molecular weight excluding hydrogens is 266 g/mol. The fourth-order valence-corrected chi connectivity index (χ4v) is 2.57. The van der Waals surface area contributed by atoms with E-state index in [0.717, 1.165) is 0 Å². The van der Waals surface area contributed by atoms with E-state index in [1.165, 1.54) is 11.9 Å². The van der Waals surface area contributed by atoms with Gasteiger partial charge < -0.3 is 9.64 Å². The van der Waals surface area contributed by atoms with Crippen LogP contribution in [0.4, 0.5) is 4.79 Å². The van der Waals surface area contributed by atoms with E-state index in [9.17, 15) is 13.2 Å². The fraction of sp³-hybridized carbons (Fsp3) is 0.900. The number of ether oxygens (including phenoxy) is 1. The maximum absolute atomic E-state index is 11.7. The molecule has 0 radical (unpaired) electrons. The van der Waals surface area contributed by atoms with Crippen molar-refractivity contribution >= 4 is 25.8 Å². The van der Waals surface area contributed by atoms with Crippen LogP contribution in [-0.4, -0.2) is 43.9 Å². The van der Waals surface area contributed by atoms with E-state index < -0.39 is 26.8 Å². The van der Waals surface area contributed by atoms with Crippen LogP contribution >= 0.6 is 10.7 Å². The molecule has 0 aromatic rings. The Bertz CT molecular complexity index is 361. The van der Waals surface area contributed by atoms with Crippen molar-refractivity contribution in [1.29, 1.82) is 0 Å². The van der Waals surface area contributed by atoms with E-state index in [-0.39, 0.29) is 5.75 Å². The van der Waals surface area contributed by atoms with Crippen LogP contribution < -0.4 is 0 Å². The van der Waals surface area contributed by atoms with Gasteiger partial charge in [0.25, 0.3) is 0 Å². The quantitative estimate of drug-likeness (QED) is 0.743. The van der Waals surface area contributed by atoms with Gasteiger partial charge in [-0.15, -0.1) is 0 Å². The molecule has 7 heteroatoms. The van der Waals surface area contributed by atoms with Crippen LogP contribution in [0.15, 0.2) is 0 Å². The third kappa shape index (κ3) is 7.44. The van der Waals surface area contributed by atoms with E-state index in [1.54, 1.807) is 27.7 Å². The van der Waals surface area contributed by atoms with Crippen LogP contribution in [0, 0.1) is 0 Å². The lowest BCUT2D eigenvalue weighted by molar-refractivity contribution is 0.0236. The molecule has 0 aliphatic rings. The van der Waals surface area contributed by atoms with E-state index >= 15 is 0 Å². The monoisotopic (exact) mass is 285 g/mol. The number of halogens is 1. The van der Waals surface area contributed by atoms with Gasteiger partial charge in [0.15, 0.2) is 0 Å². The Hall–Kier alpha value is -0.490. The summed E-state index contributed by atoms with van der Waals surface area (Å²) in [5.74, 6) is -0.277.